The van der Waals surface area contributed by atoms with Crippen LogP contribution in [-0.2, 0) is 13.1 Å². The van der Waals surface area contributed by atoms with E-state index in [-0.39, 0.29) is 5.91 Å². The Morgan fingerprint density at radius 2 is 1.71 bits per heavy atom. The number of hydrogen-bond donors (Lipinski definition) is 0. The molecule has 6 heteroatoms. The molecule has 3 aromatic rings. The molecule has 0 saturated heterocycles. The third kappa shape index (κ3) is 4.06. The van der Waals surface area contributed by atoms with E-state index in [1.54, 1.807) is 29.8 Å². The van der Waals surface area contributed by atoms with E-state index in [1.807, 2.05) is 46.0 Å². The van der Waals surface area contributed by atoms with Crippen LogP contribution in [0.15, 0.2) is 57.7 Å². The van der Waals surface area contributed by atoms with E-state index in [0.29, 0.717) is 18.7 Å². The minimum absolute atomic E-state index is 0.0140. The highest BCUT2D eigenvalue weighted by Gasteiger charge is 2.18. The first kappa shape index (κ1) is 17.2. The van der Waals surface area contributed by atoms with Crippen LogP contribution >= 0.6 is 38.6 Å². The maximum atomic E-state index is 13.0. The molecule has 0 spiro atoms. The second-order valence-electron chi connectivity index (χ2n) is 5.17. The molecule has 0 bridgehead atoms. The Labute approximate surface area is 157 Å². The number of benzene rings is 1. The minimum Gasteiger partial charge on any atom is -0.496 e. The zero-order chi connectivity index (χ0) is 16.9. The van der Waals surface area contributed by atoms with Crippen LogP contribution in [0.2, 0.25) is 0 Å². The number of ether oxygens (including phenoxy) is 1. The molecule has 0 aliphatic rings. The number of hydrogen-bond acceptors (Lipinski definition) is 4. The van der Waals surface area contributed by atoms with Gasteiger partial charge in [0.2, 0.25) is 0 Å². The van der Waals surface area contributed by atoms with Crippen molar-refractivity contribution >= 4 is 44.5 Å². The zero-order valence-electron chi connectivity index (χ0n) is 13.1. The average Bonchev–Trinajstić information content (AvgIpc) is 3.27. The summed E-state index contributed by atoms with van der Waals surface area (Å²) in [6, 6.07) is 13.6. The predicted molar refractivity (Wildman–Crippen MR) is 103 cm³/mol. The SMILES string of the molecule is COc1ccc(C(=O)N(Cc2cccs2)Cc2cccs2)cc1Br. The van der Waals surface area contributed by atoms with Gasteiger partial charge in [-0.15, -0.1) is 22.7 Å². The van der Waals surface area contributed by atoms with Gasteiger partial charge in [-0.2, -0.15) is 0 Å². The Morgan fingerprint density at radius 1 is 1.08 bits per heavy atom. The Morgan fingerprint density at radius 3 is 2.17 bits per heavy atom. The smallest absolute Gasteiger partial charge is 0.254 e. The van der Waals surface area contributed by atoms with E-state index in [0.717, 1.165) is 10.2 Å². The van der Waals surface area contributed by atoms with Crippen LogP contribution < -0.4 is 4.74 Å². The second-order valence-corrected chi connectivity index (χ2v) is 8.09. The first-order valence-corrected chi connectivity index (χ1v) is 9.90. The monoisotopic (exact) mass is 421 g/mol. The van der Waals surface area contributed by atoms with Gasteiger partial charge in [-0.1, -0.05) is 12.1 Å². The Hall–Kier alpha value is -1.63. The van der Waals surface area contributed by atoms with Gasteiger partial charge >= 0.3 is 0 Å². The molecule has 1 amide bonds. The van der Waals surface area contributed by atoms with E-state index >= 15 is 0 Å². The molecule has 0 radical (unpaired) electrons. The lowest BCUT2D eigenvalue weighted by Gasteiger charge is -2.22. The summed E-state index contributed by atoms with van der Waals surface area (Å²) in [4.78, 5) is 17.3. The number of rotatable bonds is 6. The van der Waals surface area contributed by atoms with Crippen LogP contribution in [0.4, 0.5) is 0 Å². The van der Waals surface area contributed by atoms with Gasteiger partial charge in [0.05, 0.1) is 24.7 Å². The molecule has 3 nitrogen and oxygen atoms in total. The third-order valence-electron chi connectivity index (χ3n) is 3.54. The summed E-state index contributed by atoms with van der Waals surface area (Å²) >= 11 is 6.79. The number of amides is 1. The van der Waals surface area contributed by atoms with Crippen molar-refractivity contribution < 1.29 is 9.53 Å². The normalized spacial score (nSPS) is 10.6. The molecule has 1 aromatic carbocycles. The Balaban J connectivity index is 1.85. The van der Waals surface area contributed by atoms with Crippen LogP contribution in [0.25, 0.3) is 0 Å². The van der Waals surface area contributed by atoms with Crippen LogP contribution in [-0.4, -0.2) is 17.9 Å². The lowest BCUT2D eigenvalue weighted by Crippen LogP contribution is -2.29. The van der Waals surface area contributed by atoms with Gasteiger partial charge in [-0.05, 0) is 57.0 Å². The fourth-order valence-electron chi connectivity index (χ4n) is 2.36. The highest BCUT2D eigenvalue weighted by atomic mass is 79.9. The van der Waals surface area contributed by atoms with Crippen LogP contribution in [0, 0.1) is 0 Å². The number of thiophene rings is 2. The molecule has 3 rings (SSSR count). The molecular weight excluding hydrogens is 406 g/mol. The molecule has 0 atom stereocenters. The number of carbonyl (C=O) groups excluding carboxylic acids is 1. The lowest BCUT2D eigenvalue weighted by molar-refractivity contribution is 0.0733. The summed E-state index contributed by atoms with van der Waals surface area (Å²) in [5, 5.41) is 4.07. The van der Waals surface area contributed by atoms with Crippen molar-refractivity contribution in [1.82, 2.24) is 4.90 Å². The third-order valence-corrected chi connectivity index (χ3v) is 5.88. The molecule has 0 unspecified atom stereocenters. The van der Waals surface area contributed by atoms with Gasteiger partial charge in [-0.3, -0.25) is 4.79 Å². The first-order valence-electron chi connectivity index (χ1n) is 7.35. The molecule has 0 aliphatic heterocycles. The van der Waals surface area contributed by atoms with Crippen molar-refractivity contribution in [2.24, 2.45) is 0 Å². The highest BCUT2D eigenvalue weighted by molar-refractivity contribution is 9.10. The molecule has 24 heavy (non-hydrogen) atoms. The van der Waals surface area contributed by atoms with Gasteiger partial charge in [0.15, 0.2) is 0 Å². The summed E-state index contributed by atoms with van der Waals surface area (Å²) < 4.78 is 6.02. The lowest BCUT2D eigenvalue weighted by atomic mass is 10.2. The number of carbonyl (C=O) groups is 1. The molecule has 0 saturated carbocycles. The fourth-order valence-corrected chi connectivity index (χ4v) is 4.34. The summed E-state index contributed by atoms with van der Waals surface area (Å²) in [6.07, 6.45) is 0. The van der Waals surface area contributed by atoms with Crippen molar-refractivity contribution in [3.05, 3.63) is 73.0 Å². The second kappa shape index (κ2) is 7.96. The number of halogens is 1. The molecule has 0 N–H and O–H groups in total. The van der Waals surface area contributed by atoms with Crippen molar-refractivity contribution in [3.8, 4) is 5.75 Å². The van der Waals surface area contributed by atoms with Gasteiger partial charge < -0.3 is 9.64 Å². The molecule has 0 aliphatic carbocycles. The minimum atomic E-state index is 0.0140. The molecule has 2 aromatic heterocycles. The molecule has 124 valence electrons. The van der Waals surface area contributed by atoms with Crippen molar-refractivity contribution in [2.75, 3.05) is 7.11 Å². The summed E-state index contributed by atoms with van der Waals surface area (Å²) in [5.41, 5.74) is 0.649. The van der Waals surface area contributed by atoms with Gasteiger partial charge in [0.1, 0.15) is 5.75 Å². The van der Waals surface area contributed by atoms with Gasteiger partial charge in [0, 0.05) is 15.3 Å². The summed E-state index contributed by atoms with van der Waals surface area (Å²) in [7, 11) is 1.61. The summed E-state index contributed by atoms with van der Waals surface area (Å²) in [6.45, 7) is 1.22. The average molecular weight is 422 g/mol. The standard InChI is InChI=1S/C18H16BrNO2S2/c1-22-17-7-6-13(10-16(17)19)18(21)20(11-14-4-2-8-23-14)12-15-5-3-9-24-15/h2-10H,11-12H2,1H3. The Bertz CT molecular complexity index is 764. The molecule has 0 fully saturated rings. The largest absolute Gasteiger partial charge is 0.496 e. The van der Waals surface area contributed by atoms with Crippen molar-refractivity contribution in [2.45, 2.75) is 13.1 Å². The van der Waals surface area contributed by atoms with Crippen LogP contribution in [0.5, 0.6) is 5.75 Å². The van der Waals surface area contributed by atoms with E-state index in [2.05, 4.69) is 28.1 Å². The molecular formula is C18H16BrNO2S2. The zero-order valence-corrected chi connectivity index (χ0v) is 16.3. The van der Waals surface area contributed by atoms with Gasteiger partial charge in [-0.25, -0.2) is 0 Å². The first-order chi connectivity index (χ1) is 11.7. The summed E-state index contributed by atoms with van der Waals surface area (Å²) in [5.74, 6) is 0.731. The maximum absolute atomic E-state index is 13.0. The number of nitrogens with zero attached hydrogens (tertiary/aromatic N) is 1. The number of methoxy groups -OCH3 is 1. The van der Waals surface area contributed by atoms with E-state index < -0.39 is 0 Å². The predicted octanol–water partition coefficient (Wildman–Crippen LogP) is 5.42. The van der Waals surface area contributed by atoms with E-state index in [4.69, 9.17) is 4.74 Å². The highest BCUT2D eigenvalue weighted by Crippen LogP contribution is 2.27. The topological polar surface area (TPSA) is 29.5 Å². The van der Waals surface area contributed by atoms with E-state index in [1.165, 1.54) is 9.75 Å². The Kier molecular flexibility index (Phi) is 5.71. The molecule has 2 heterocycles. The van der Waals surface area contributed by atoms with E-state index in [9.17, 15) is 4.79 Å². The van der Waals surface area contributed by atoms with Crippen LogP contribution in [0.1, 0.15) is 20.1 Å². The van der Waals surface area contributed by atoms with Crippen molar-refractivity contribution in [3.63, 3.8) is 0 Å². The fraction of sp³-hybridized carbons (Fsp3) is 0.167. The quantitative estimate of drug-likeness (QED) is 0.531. The van der Waals surface area contributed by atoms with Gasteiger partial charge in [0.25, 0.3) is 5.91 Å². The van der Waals surface area contributed by atoms with Crippen LogP contribution in [0.3, 0.4) is 0 Å². The van der Waals surface area contributed by atoms with Crippen molar-refractivity contribution in [1.29, 1.82) is 0 Å². The maximum Gasteiger partial charge on any atom is 0.254 e.